The van der Waals surface area contributed by atoms with Crippen LogP contribution in [0.25, 0.3) is 96.4 Å². The molecule has 7 heterocycles. The second kappa shape index (κ2) is 16.3. The van der Waals surface area contributed by atoms with Crippen LogP contribution in [-0.2, 0) is 0 Å². The van der Waals surface area contributed by atoms with Crippen LogP contribution in [0.5, 0.6) is 0 Å². The van der Waals surface area contributed by atoms with Crippen molar-refractivity contribution >= 4 is 5.57 Å². The van der Waals surface area contributed by atoms with E-state index in [4.69, 9.17) is 24.9 Å². The van der Waals surface area contributed by atoms with Crippen LogP contribution in [0.15, 0.2) is 177 Å². The fraction of sp³-hybridized carbons (Fsp3) is 0.0408. The number of hydrogen-bond acceptors (Lipinski definition) is 11. The molecule has 1 aliphatic rings. The van der Waals surface area contributed by atoms with Gasteiger partial charge in [-0.25, -0.2) is 44.9 Å². The van der Waals surface area contributed by atoms with Crippen molar-refractivity contribution in [2.45, 2.75) is 12.8 Å². The van der Waals surface area contributed by atoms with Gasteiger partial charge < -0.3 is 0 Å². The molecule has 11 nitrogen and oxygen atoms in total. The minimum absolute atomic E-state index is 0.477. The Morgan fingerprint density at radius 2 is 0.767 bits per heavy atom. The van der Waals surface area contributed by atoms with Crippen molar-refractivity contribution in [2.24, 2.45) is 0 Å². The van der Waals surface area contributed by atoms with Crippen LogP contribution >= 0.6 is 0 Å². The first-order valence-corrected chi connectivity index (χ1v) is 19.5. The summed E-state index contributed by atoms with van der Waals surface area (Å²) >= 11 is 0. The summed E-state index contributed by atoms with van der Waals surface area (Å²) in [6.07, 6.45) is 18.7. The van der Waals surface area contributed by atoms with E-state index in [1.165, 1.54) is 0 Å². The molecule has 0 spiro atoms. The van der Waals surface area contributed by atoms with Crippen molar-refractivity contribution in [2.75, 3.05) is 0 Å². The van der Waals surface area contributed by atoms with Crippen molar-refractivity contribution in [3.05, 3.63) is 183 Å². The molecule has 0 amide bonds. The van der Waals surface area contributed by atoms with E-state index in [1.54, 1.807) is 49.3 Å². The number of aromatic nitrogens is 11. The van der Waals surface area contributed by atoms with Crippen LogP contribution in [0.1, 0.15) is 18.7 Å². The zero-order valence-corrected chi connectivity index (χ0v) is 32.1. The topological polar surface area (TPSA) is 142 Å². The third kappa shape index (κ3) is 7.70. The SMILES string of the molecule is C1=CC(c2nc(-c3ccccc3)nc(-c3cc(-c4cc(-c5ccccn5)nc(-c5ccccn5)c4)cc(-c4cc(-c5ncccn5)nc(-c5ncccn5)c4)c3)n2)=CCC1. The molecule has 0 N–H and O–H groups in total. The average Bonchev–Trinajstić information content (AvgIpc) is 3.35. The molecule has 284 valence electrons. The summed E-state index contributed by atoms with van der Waals surface area (Å²) in [5.74, 6) is 2.67. The highest BCUT2D eigenvalue weighted by molar-refractivity contribution is 5.85. The Morgan fingerprint density at radius 3 is 1.30 bits per heavy atom. The maximum Gasteiger partial charge on any atom is 0.178 e. The summed E-state index contributed by atoms with van der Waals surface area (Å²) in [4.78, 5) is 52.8. The van der Waals surface area contributed by atoms with E-state index >= 15 is 0 Å². The van der Waals surface area contributed by atoms with E-state index in [9.17, 15) is 0 Å². The van der Waals surface area contributed by atoms with E-state index < -0.39 is 0 Å². The van der Waals surface area contributed by atoms with Crippen molar-refractivity contribution < 1.29 is 0 Å². The number of rotatable bonds is 9. The monoisotopic (exact) mass is 775 g/mol. The summed E-state index contributed by atoms with van der Waals surface area (Å²) < 4.78 is 0. The van der Waals surface area contributed by atoms with Gasteiger partial charge in [0.2, 0.25) is 0 Å². The lowest BCUT2D eigenvalue weighted by Crippen LogP contribution is -2.03. The molecular weight excluding hydrogens is 743 g/mol. The van der Waals surface area contributed by atoms with Crippen molar-refractivity contribution in [3.8, 4) is 90.8 Å². The maximum absolute atomic E-state index is 5.16. The summed E-state index contributed by atoms with van der Waals surface area (Å²) in [6.45, 7) is 0. The van der Waals surface area contributed by atoms with Gasteiger partial charge in [0.25, 0.3) is 0 Å². The van der Waals surface area contributed by atoms with Gasteiger partial charge in [0.1, 0.15) is 11.4 Å². The second-order valence-corrected chi connectivity index (χ2v) is 13.9. The normalized spacial score (nSPS) is 12.2. The van der Waals surface area contributed by atoms with Gasteiger partial charge in [0.05, 0.1) is 22.8 Å². The Balaban J connectivity index is 1.24. The average molecular weight is 776 g/mol. The number of allylic oxidation sites excluding steroid dienone is 4. The van der Waals surface area contributed by atoms with Crippen LogP contribution < -0.4 is 0 Å². The Labute approximate surface area is 345 Å². The molecule has 1 aliphatic carbocycles. The maximum atomic E-state index is 5.16. The van der Waals surface area contributed by atoms with Gasteiger partial charge in [-0.3, -0.25) is 9.97 Å². The standard InChI is InChI=1S/C49H33N11/c1-3-13-32(14-4-1)45-58-46(33-15-5-2-6-16-33)60-47(59-45)38-26-34(36-28-41(39-17-7-9-19-50-39)56-42(29-36)40-18-8-10-20-51-40)25-35(27-38)37-30-43(48-52-21-11-22-53-48)57-44(31-37)49-54-23-12-24-55-49/h1,3-5,7-31H,2,6H2. The largest absolute Gasteiger partial charge is 0.255 e. The molecule has 0 saturated heterocycles. The Bertz CT molecular complexity index is 2760. The molecule has 0 radical (unpaired) electrons. The highest BCUT2D eigenvalue weighted by Gasteiger charge is 2.19. The summed E-state index contributed by atoms with van der Waals surface area (Å²) in [5, 5.41) is 0. The minimum Gasteiger partial charge on any atom is -0.255 e. The molecule has 0 unspecified atom stereocenters. The van der Waals surface area contributed by atoms with E-state index in [0.717, 1.165) is 63.2 Å². The lowest BCUT2D eigenvalue weighted by atomic mass is 9.94. The third-order valence-electron chi connectivity index (χ3n) is 9.87. The molecule has 0 fully saturated rings. The summed E-state index contributed by atoms with van der Waals surface area (Å²) in [6, 6.07) is 39.6. The number of pyridine rings is 4. The fourth-order valence-electron chi connectivity index (χ4n) is 7.00. The molecule has 0 aliphatic heterocycles. The molecule has 2 aromatic carbocycles. The van der Waals surface area contributed by atoms with Gasteiger partial charge >= 0.3 is 0 Å². The second-order valence-electron chi connectivity index (χ2n) is 13.9. The predicted molar refractivity (Wildman–Crippen MR) is 232 cm³/mol. The molecular formula is C49H33N11. The highest BCUT2D eigenvalue weighted by Crippen LogP contribution is 2.37. The van der Waals surface area contributed by atoms with E-state index in [2.05, 4.69) is 78.5 Å². The Morgan fingerprint density at radius 1 is 0.300 bits per heavy atom. The molecule has 7 aromatic heterocycles. The molecule has 11 heteroatoms. The van der Waals surface area contributed by atoms with Crippen LogP contribution in [0, 0.1) is 0 Å². The van der Waals surface area contributed by atoms with Crippen molar-refractivity contribution in [1.29, 1.82) is 0 Å². The van der Waals surface area contributed by atoms with Gasteiger partial charge in [-0.05, 0) is 114 Å². The van der Waals surface area contributed by atoms with E-state index in [1.807, 2.05) is 78.9 Å². The summed E-state index contributed by atoms with van der Waals surface area (Å²) in [7, 11) is 0. The first kappa shape index (κ1) is 36.1. The van der Waals surface area contributed by atoms with E-state index in [-0.39, 0.29) is 0 Å². The first-order valence-electron chi connectivity index (χ1n) is 19.5. The molecule has 0 saturated carbocycles. The lowest BCUT2D eigenvalue weighted by molar-refractivity contribution is 1.01. The van der Waals surface area contributed by atoms with Gasteiger partial charge in [0.15, 0.2) is 29.1 Å². The highest BCUT2D eigenvalue weighted by atomic mass is 15.0. The minimum atomic E-state index is 0.477. The fourth-order valence-corrected chi connectivity index (χ4v) is 7.00. The number of nitrogens with zero attached hydrogens (tertiary/aromatic N) is 11. The zero-order chi connectivity index (χ0) is 40.1. The Kier molecular flexibility index (Phi) is 9.78. The number of benzene rings is 2. The van der Waals surface area contributed by atoms with E-state index in [0.29, 0.717) is 51.9 Å². The van der Waals surface area contributed by atoms with Crippen LogP contribution in [0.2, 0.25) is 0 Å². The van der Waals surface area contributed by atoms with Crippen LogP contribution in [0.3, 0.4) is 0 Å². The van der Waals surface area contributed by atoms with Gasteiger partial charge in [-0.1, -0.05) is 60.7 Å². The smallest absolute Gasteiger partial charge is 0.178 e. The molecule has 60 heavy (non-hydrogen) atoms. The molecule has 10 rings (SSSR count). The molecule has 0 bridgehead atoms. The van der Waals surface area contributed by atoms with Crippen LogP contribution in [0.4, 0.5) is 0 Å². The van der Waals surface area contributed by atoms with Crippen molar-refractivity contribution in [3.63, 3.8) is 0 Å². The lowest BCUT2D eigenvalue weighted by Gasteiger charge is -2.15. The van der Waals surface area contributed by atoms with Gasteiger partial charge in [0, 0.05) is 53.9 Å². The summed E-state index contributed by atoms with van der Waals surface area (Å²) in [5.41, 5.74) is 10.2. The van der Waals surface area contributed by atoms with Crippen LogP contribution in [-0.4, -0.2) is 54.8 Å². The van der Waals surface area contributed by atoms with Crippen molar-refractivity contribution in [1.82, 2.24) is 54.8 Å². The number of hydrogen-bond donors (Lipinski definition) is 0. The quantitative estimate of drug-likeness (QED) is 0.138. The molecule has 0 atom stereocenters. The Hall–Kier alpha value is -8.31. The third-order valence-corrected chi connectivity index (χ3v) is 9.87. The first-order chi connectivity index (χ1) is 29.7. The predicted octanol–water partition coefficient (Wildman–Crippen LogP) is 10.1. The zero-order valence-electron chi connectivity index (χ0n) is 32.1. The molecule has 9 aromatic rings. The van der Waals surface area contributed by atoms with Gasteiger partial charge in [-0.2, -0.15) is 0 Å². The van der Waals surface area contributed by atoms with Gasteiger partial charge in [-0.15, -0.1) is 0 Å².